The number of pyridine rings is 1. The topological polar surface area (TPSA) is 35.0 Å². The van der Waals surface area contributed by atoms with Crippen molar-refractivity contribution in [3.05, 3.63) is 240 Å². The van der Waals surface area contributed by atoms with Crippen molar-refractivity contribution in [2.75, 3.05) is 14.8 Å². The fourth-order valence-electron chi connectivity index (χ4n) is 7.21. The van der Waals surface area contributed by atoms with Crippen LogP contribution in [0, 0.1) is 0 Å². The van der Waals surface area contributed by atoms with E-state index in [1.165, 1.54) is 33.6 Å². The van der Waals surface area contributed by atoms with Gasteiger partial charge < -0.3 is 9.80 Å². The molecule has 0 radical (unpaired) electrons. The molecule has 0 spiro atoms. The van der Waals surface area contributed by atoms with E-state index in [0.29, 0.717) is 0 Å². The molecule has 8 rings (SSSR count). The highest BCUT2D eigenvalue weighted by molar-refractivity contribution is 6.01. The first-order chi connectivity index (χ1) is 28.2. The van der Waals surface area contributed by atoms with E-state index in [4.69, 9.17) is 5.10 Å². The van der Waals surface area contributed by atoms with Gasteiger partial charge in [0.25, 0.3) is 0 Å². The van der Waals surface area contributed by atoms with E-state index in [2.05, 4.69) is 209 Å². The van der Waals surface area contributed by atoms with E-state index in [9.17, 15) is 0 Å². The van der Waals surface area contributed by atoms with Gasteiger partial charge in [0.2, 0.25) is 0 Å². The monoisotopic (exact) mass is 741 g/mol. The van der Waals surface area contributed by atoms with Crippen LogP contribution in [-0.2, 0) is 26.2 Å². The molecule has 0 amide bonds. The van der Waals surface area contributed by atoms with E-state index in [-0.39, 0.29) is 6.04 Å². The standard InChI is InChI=1S/C52H47N5/c1-5-15-44(16-6-1)38-55(39-45-17-7-2-8-18-45)49-31-25-42(26-32-49)24-30-48-37-51(57(54-48)52-23-13-14-36-53-52)35-29-43-27-33-50(34-28-43)56(40-46-19-9-3-10-20-46)41-47-21-11-4-12-22-47/h1-36,51H,37-41H2. The first-order valence-electron chi connectivity index (χ1n) is 19.7. The Morgan fingerprint density at radius 2 is 0.877 bits per heavy atom. The maximum absolute atomic E-state index is 5.06. The zero-order valence-electron chi connectivity index (χ0n) is 32.1. The van der Waals surface area contributed by atoms with Gasteiger partial charge in [0.05, 0.1) is 11.8 Å². The van der Waals surface area contributed by atoms with Crippen molar-refractivity contribution in [2.24, 2.45) is 5.10 Å². The Labute approximate surface area is 337 Å². The quantitative estimate of drug-likeness (QED) is 0.105. The molecule has 0 bridgehead atoms. The predicted molar refractivity (Wildman–Crippen MR) is 239 cm³/mol. The van der Waals surface area contributed by atoms with E-state index in [1.807, 2.05) is 29.4 Å². The number of benzene rings is 6. The zero-order valence-corrected chi connectivity index (χ0v) is 32.1. The summed E-state index contributed by atoms with van der Waals surface area (Å²) < 4.78 is 0. The summed E-state index contributed by atoms with van der Waals surface area (Å²) in [6.07, 6.45) is 11.4. The van der Waals surface area contributed by atoms with E-state index in [1.54, 1.807) is 0 Å². The lowest BCUT2D eigenvalue weighted by molar-refractivity contribution is 0.776. The van der Waals surface area contributed by atoms with Gasteiger partial charge in [-0.2, -0.15) is 5.10 Å². The van der Waals surface area contributed by atoms with Crippen molar-refractivity contribution < 1.29 is 0 Å². The fraction of sp³-hybridized carbons (Fsp3) is 0.115. The van der Waals surface area contributed by atoms with Crippen molar-refractivity contribution in [3.63, 3.8) is 0 Å². The Balaban J connectivity index is 0.962. The molecule has 1 aliphatic rings. The average Bonchev–Trinajstić information content (AvgIpc) is 3.70. The second-order valence-electron chi connectivity index (χ2n) is 14.4. The van der Waals surface area contributed by atoms with Crippen molar-refractivity contribution in [1.82, 2.24) is 4.98 Å². The van der Waals surface area contributed by atoms with Gasteiger partial charge in [0, 0.05) is 50.2 Å². The SMILES string of the molecule is C(=Cc1ccc(N(Cc2ccccc2)Cc2ccccc2)cc1)C1=NN(c2ccccn2)C(C=Cc2ccc(N(Cc3ccccc3)Cc3ccccc3)cc2)C1. The molecule has 7 aromatic rings. The number of nitrogens with zero attached hydrogens (tertiary/aromatic N) is 5. The minimum atomic E-state index is 0.0405. The lowest BCUT2D eigenvalue weighted by atomic mass is 10.1. The summed E-state index contributed by atoms with van der Waals surface area (Å²) in [6, 6.07) is 66.5. The molecule has 0 saturated carbocycles. The van der Waals surface area contributed by atoms with Crippen LogP contribution in [0.25, 0.3) is 12.2 Å². The molecule has 0 fully saturated rings. The number of rotatable bonds is 15. The normalized spacial score (nSPS) is 13.9. The molecule has 2 heterocycles. The molecule has 0 saturated heterocycles. The maximum atomic E-state index is 5.06. The number of anilines is 3. The van der Waals surface area contributed by atoms with Crippen molar-refractivity contribution in [2.45, 2.75) is 38.6 Å². The van der Waals surface area contributed by atoms with Crippen LogP contribution in [0.15, 0.2) is 212 Å². The highest BCUT2D eigenvalue weighted by atomic mass is 15.5. The Morgan fingerprint density at radius 1 is 0.456 bits per heavy atom. The van der Waals surface area contributed by atoms with Crippen LogP contribution < -0.4 is 14.8 Å². The average molecular weight is 742 g/mol. The second-order valence-corrected chi connectivity index (χ2v) is 14.4. The molecular weight excluding hydrogens is 695 g/mol. The molecule has 5 nitrogen and oxygen atoms in total. The smallest absolute Gasteiger partial charge is 0.149 e. The summed E-state index contributed by atoms with van der Waals surface area (Å²) in [4.78, 5) is 9.52. The zero-order chi connectivity index (χ0) is 38.5. The first-order valence-corrected chi connectivity index (χ1v) is 19.7. The Bertz CT molecular complexity index is 2280. The molecule has 6 aromatic carbocycles. The number of hydrogen-bond donors (Lipinski definition) is 0. The van der Waals surface area contributed by atoms with Crippen molar-refractivity contribution >= 4 is 35.1 Å². The van der Waals surface area contributed by atoms with Gasteiger partial charge in [-0.3, -0.25) is 0 Å². The number of hydrazone groups is 1. The summed E-state index contributed by atoms with van der Waals surface area (Å²) in [5, 5.41) is 7.10. The van der Waals surface area contributed by atoms with E-state index in [0.717, 1.165) is 55.3 Å². The van der Waals surface area contributed by atoms with Gasteiger partial charge in [-0.25, -0.2) is 9.99 Å². The molecule has 1 atom stereocenters. The van der Waals surface area contributed by atoms with Crippen LogP contribution in [0.1, 0.15) is 39.8 Å². The van der Waals surface area contributed by atoms with Gasteiger partial charge in [0.15, 0.2) is 0 Å². The molecule has 5 heteroatoms. The second kappa shape index (κ2) is 18.6. The van der Waals surface area contributed by atoms with Crippen LogP contribution in [-0.4, -0.2) is 16.7 Å². The molecule has 280 valence electrons. The number of aromatic nitrogens is 1. The van der Waals surface area contributed by atoms with Gasteiger partial charge in [0.1, 0.15) is 5.82 Å². The highest BCUT2D eigenvalue weighted by Gasteiger charge is 2.25. The van der Waals surface area contributed by atoms with Crippen LogP contribution in [0.5, 0.6) is 0 Å². The molecule has 57 heavy (non-hydrogen) atoms. The van der Waals surface area contributed by atoms with Gasteiger partial charge in [-0.1, -0.05) is 170 Å². The summed E-state index contributed by atoms with van der Waals surface area (Å²) in [5.41, 5.74) is 10.9. The molecule has 0 aliphatic carbocycles. The first kappa shape index (κ1) is 37.0. The maximum Gasteiger partial charge on any atom is 0.149 e. The van der Waals surface area contributed by atoms with E-state index >= 15 is 0 Å². The molecule has 0 N–H and O–H groups in total. The minimum Gasteiger partial charge on any atom is -0.363 e. The van der Waals surface area contributed by atoms with Crippen LogP contribution in [0.4, 0.5) is 17.2 Å². The summed E-state index contributed by atoms with van der Waals surface area (Å²) in [6.45, 7) is 3.35. The molecule has 1 aliphatic heterocycles. The third-order valence-corrected chi connectivity index (χ3v) is 10.2. The van der Waals surface area contributed by atoms with Gasteiger partial charge in [-0.05, 0) is 75.9 Å². The lowest BCUT2D eigenvalue weighted by Gasteiger charge is -2.25. The van der Waals surface area contributed by atoms with Crippen LogP contribution in [0.2, 0.25) is 0 Å². The highest BCUT2D eigenvalue weighted by Crippen LogP contribution is 2.27. The Morgan fingerprint density at radius 3 is 1.30 bits per heavy atom. The number of allylic oxidation sites excluding steroid dienone is 1. The lowest BCUT2D eigenvalue weighted by Crippen LogP contribution is -2.24. The van der Waals surface area contributed by atoms with Crippen molar-refractivity contribution in [1.29, 1.82) is 0 Å². The summed E-state index contributed by atoms with van der Waals surface area (Å²) >= 11 is 0. The van der Waals surface area contributed by atoms with Gasteiger partial charge in [-0.15, -0.1) is 0 Å². The summed E-state index contributed by atoms with van der Waals surface area (Å²) in [7, 11) is 0. The predicted octanol–water partition coefficient (Wildman–Crippen LogP) is 11.9. The van der Waals surface area contributed by atoms with Gasteiger partial charge >= 0.3 is 0 Å². The van der Waals surface area contributed by atoms with Crippen LogP contribution in [0.3, 0.4) is 0 Å². The third-order valence-electron chi connectivity index (χ3n) is 10.2. The Hall–Kier alpha value is -6.98. The fourth-order valence-corrected chi connectivity index (χ4v) is 7.21. The number of hydrogen-bond acceptors (Lipinski definition) is 5. The minimum absolute atomic E-state index is 0.0405. The van der Waals surface area contributed by atoms with E-state index < -0.39 is 0 Å². The Kier molecular flexibility index (Phi) is 12.0. The van der Waals surface area contributed by atoms with Crippen LogP contribution >= 0.6 is 0 Å². The van der Waals surface area contributed by atoms with Crippen molar-refractivity contribution in [3.8, 4) is 0 Å². The third kappa shape index (κ3) is 10.2. The molecule has 1 unspecified atom stereocenters. The summed E-state index contributed by atoms with van der Waals surface area (Å²) in [5.74, 6) is 0.838. The molecular formula is C52H47N5. The largest absolute Gasteiger partial charge is 0.363 e. The molecule has 1 aromatic heterocycles.